The Bertz CT molecular complexity index is 433. The molecule has 0 aromatic heterocycles. The number of carbonyl (C=O) groups is 1. The summed E-state index contributed by atoms with van der Waals surface area (Å²) in [6.45, 7) is 7.12. The minimum absolute atomic E-state index is 0.347. The van der Waals surface area contributed by atoms with Crippen LogP contribution in [0.4, 0.5) is 0 Å². The third-order valence-electron chi connectivity index (χ3n) is 3.68. The fourth-order valence-electron chi connectivity index (χ4n) is 2.34. The number of nitrogens with one attached hydrogen (secondary N) is 1. The molecule has 0 saturated carbocycles. The number of aromatic carboxylic acids is 1. The van der Waals surface area contributed by atoms with Gasteiger partial charge in [0.2, 0.25) is 0 Å². The van der Waals surface area contributed by atoms with E-state index in [1.807, 2.05) is 12.1 Å². The maximum atomic E-state index is 10.8. The van der Waals surface area contributed by atoms with Crippen molar-refractivity contribution >= 4 is 5.97 Å². The Hall–Kier alpha value is -1.43. The second-order valence-electron chi connectivity index (χ2n) is 5.33. The first kappa shape index (κ1) is 15.0. The molecule has 110 valence electrons. The summed E-state index contributed by atoms with van der Waals surface area (Å²) >= 11 is 0. The molecule has 5 nitrogen and oxygen atoms in total. The van der Waals surface area contributed by atoms with Crippen LogP contribution in [-0.2, 0) is 6.54 Å². The molecule has 20 heavy (non-hydrogen) atoms. The Morgan fingerprint density at radius 2 is 1.85 bits per heavy atom. The number of hydrogen-bond acceptors (Lipinski definition) is 4. The van der Waals surface area contributed by atoms with Gasteiger partial charge >= 0.3 is 5.97 Å². The molecule has 1 aliphatic heterocycles. The molecule has 1 heterocycles. The first-order valence-corrected chi connectivity index (χ1v) is 7.09. The molecule has 5 heteroatoms. The highest BCUT2D eigenvalue weighted by atomic mass is 16.4. The molecule has 0 aliphatic carbocycles. The number of rotatable bonds is 3. The van der Waals surface area contributed by atoms with Gasteiger partial charge in [-0.3, -0.25) is 4.90 Å². The van der Waals surface area contributed by atoms with Gasteiger partial charge in [0.1, 0.15) is 0 Å². The lowest BCUT2D eigenvalue weighted by atomic mass is 10.1. The SMILES string of the molecule is CN1CCNCCN(Cc2ccc(C(=O)O)cc2)CC1. The molecule has 1 saturated heterocycles. The minimum atomic E-state index is -0.870. The van der Waals surface area contributed by atoms with Crippen LogP contribution in [-0.4, -0.2) is 67.2 Å². The zero-order chi connectivity index (χ0) is 14.4. The first-order chi connectivity index (χ1) is 9.65. The van der Waals surface area contributed by atoms with Gasteiger partial charge in [0.05, 0.1) is 5.56 Å². The van der Waals surface area contributed by atoms with Crippen molar-refractivity contribution in [2.45, 2.75) is 6.54 Å². The third-order valence-corrected chi connectivity index (χ3v) is 3.68. The van der Waals surface area contributed by atoms with E-state index in [2.05, 4.69) is 22.2 Å². The van der Waals surface area contributed by atoms with E-state index in [1.165, 1.54) is 0 Å². The standard InChI is InChI=1S/C15H23N3O2/c1-17-8-6-16-7-9-18(11-10-17)12-13-2-4-14(5-3-13)15(19)20/h2-5,16H,6-12H2,1H3,(H,19,20). The smallest absolute Gasteiger partial charge is 0.335 e. The molecule has 2 rings (SSSR count). The summed E-state index contributed by atoms with van der Waals surface area (Å²) in [6, 6.07) is 7.18. The van der Waals surface area contributed by atoms with E-state index in [9.17, 15) is 4.79 Å². The van der Waals surface area contributed by atoms with Crippen molar-refractivity contribution in [2.75, 3.05) is 46.3 Å². The maximum Gasteiger partial charge on any atom is 0.335 e. The Balaban J connectivity index is 1.94. The van der Waals surface area contributed by atoms with Gasteiger partial charge < -0.3 is 15.3 Å². The topological polar surface area (TPSA) is 55.8 Å². The summed E-state index contributed by atoms with van der Waals surface area (Å²) in [4.78, 5) is 15.6. The molecule has 1 fully saturated rings. The highest BCUT2D eigenvalue weighted by molar-refractivity contribution is 5.87. The number of nitrogens with zero attached hydrogens (tertiary/aromatic N) is 2. The van der Waals surface area contributed by atoms with E-state index in [0.717, 1.165) is 51.4 Å². The lowest BCUT2D eigenvalue weighted by Crippen LogP contribution is -2.34. The summed E-state index contributed by atoms with van der Waals surface area (Å²) in [6.07, 6.45) is 0. The van der Waals surface area contributed by atoms with Gasteiger partial charge in [-0.2, -0.15) is 0 Å². The van der Waals surface area contributed by atoms with E-state index < -0.39 is 5.97 Å². The normalized spacial score (nSPS) is 19.1. The van der Waals surface area contributed by atoms with E-state index in [1.54, 1.807) is 12.1 Å². The van der Waals surface area contributed by atoms with Crippen LogP contribution < -0.4 is 5.32 Å². The fraction of sp³-hybridized carbons (Fsp3) is 0.533. The second-order valence-corrected chi connectivity index (χ2v) is 5.33. The third kappa shape index (κ3) is 4.59. The van der Waals surface area contributed by atoms with Crippen molar-refractivity contribution in [3.63, 3.8) is 0 Å². The molecule has 0 amide bonds. The van der Waals surface area contributed by atoms with E-state index in [-0.39, 0.29) is 0 Å². The predicted octanol–water partition coefficient (Wildman–Crippen LogP) is 0.722. The van der Waals surface area contributed by atoms with Crippen LogP contribution in [0.25, 0.3) is 0 Å². The number of carboxylic acids is 1. The number of hydrogen-bond donors (Lipinski definition) is 2. The Labute approximate surface area is 120 Å². The average molecular weight is 277 g/mol. The van der Waals surface area contributed by atoms with Crippen LogP contribution in [0.2, 0.25) is 0 Å². The molecule has 0 unspecified atom stereocenters. The highest BCUT2D eigenvalue weighted by Gasteiger charge is 2.10. The highest BCUT2D eigenvalue weighted by Crippen LogP contribution is 2.08. The van der Waals surface area contributed by atoms with Gasteiger partial charge in [-0.05, 0) is 24.7 Å². The summed E-state index contributed by atoms with van der Waals surface area (Å²) in [5, 5.41) is 12.3. The number of likely N-dealkylation sites (N-methyl/N-ethyl adjacent to an activating group) is 1. The van der Waals surface area contributed by atoms with E-state index in [4.69, 9.17) is 5.11 Å². The Kier molecular flexibility index (Phi) is 5.52. The van der Waals surface area contributed by atoms with Crippen molar-refractivity contribution in [2.24, 2.45) is 0 Å². The zero-order valence-corrected chi connectivity index (χ0v) is 12.0. The van der Waals surface area contributed by atoms with Crippen molar-refractivity contribution in [1.82, 2.24) is 15.1 Å². The molecule has 0 spiro atoms. The van der Waals surface area contributed by atoms with Crippen molar-refractivity contribution in [1.29, 1.82) is 0 Å². The van der Waals surface area contributed by atoms with Gasteiger partial charge in [0, 0.05) is 45.8 Å². The van der Waals surface area contributed by atoms with E-state index >= 15 is 0 Å². The number of carboxylic acid groups (broad SMARTS) is 1. The van der Waals surface area contributed by atoms with Crippen LogP contribution >= 0.6 is 0 Å². The Morgan fingerprint density at radius 1 is 1.15 bits per heavy atom. The van der Waals surface area contributed by atoms with Crippen molar-refractivity contribution in [3.05, 3.63) is 35.4 Å². The van der Waals surface area contributed by atoms with Gasteiger partial charge in [0.25, 0.3) is 0 Å². The molecule has 1 aromatic rings. The van der Waals surface area contributed by atoms with Crippen LogP contribution in [0.5, 0.6) is 0 Å². The molecule has 0 bridgehead atoms. The predicted molar refractivity (Wildman–Crippen MR) is 79.0 cm³/mol. The van der Waals surface area contributed by atoms with Crippen LogP contribution in [0.1, 0.15) is 15.9 Å². The van der Waals surface area contributed by atoms with Crippen LogP contribution in [0, 0.1) is 0 Å². The summed E-state index contributed by atoms with van der Waals surface area (Å²) in [5.41, 5.74) is 1.51. The molecule has 1 aromatic carbocycles. The maximum absolute atomic E-state index is 10.8. The van der Waals surface area contributed by atoms with Gasteiger partial charge in [-0.1, -0.05) is 12.1 Å². The Morgan fingerprint density at radius 3 is 2.55 bits per heavy atom. The number of benzene rings is 1. The lowest BCUT2D eigenvalue weighted by Gasteiger charge is -2.23. The van der Waals surface area contributed by atoms with E-state index in [0.29, 0.717) is 5.56 Å². The molecule has 0 atom stereocenters. The van der Waals surface area contributed by atoms with Crippen LogP contribution in [0.15, 0.2) is 24.3 Å². The summed E-state index contributed by atoms with van der Waals surface area (Å²) in [5.74, 6) is -0.870. The molecule has 2 N–H and O–H groups in total. The monoisotopic (exact) mass is 277 g/mol. The molecular weight excluding hydrogens is 254 g/mol. The lowest BCUT2D eigenvalue weighted by molar-refractivity contribution is 0.0697. The summed E-state index contributed by atoms with van der Waals surface area (Å²) in [7, 11) is 2.15. The van der Waals surface area contributed by atoms with Crippen molar-refractivity contribution in [3.8, 4) is 0 Å². The van der Waals surface area contributed by atoms with Crippen molar-refractivity contribution < 1.29 is 9.90 Å². The van der Waals surface area contributed by atoms with Gasteiger partial charge in [-0.25, -0.2) is 4.79 Å². The quantitative estimate of drug-likeness (QED) is 0.853. The summed E-state index contributed by atoms with van der Waals surface area (Å²) < 4.78 is 0. The fourth-order valence-corrected chi connectivity index (χ4v) is 2.34. The van der Waals surface area contributed by atoms with Gasteiger partial charge in [0.15, 0.2) is 0 Å². The molecule has 0 radical (unpaired) electrons. The molecular formula is C15H23N3O2. The molecule has 1 aliphatic rings. The first-order valence-electron chi connectivity index (χ1n) is 7.09. The van der Waals surface area contributed by atoms with Gasteiger partial charge in [-0.15, -0.1) is 0 Å². The largest absolute Gasteiger partial charge is 0.478 e. The second kappa shape index (κ2) is 7.38. The zero-order valence-electron chi connectivity index (χ0n) is 12.0. The minimum Gasteiger partial charge on any atom is -0.478 e. The van der Waals surface area contributed by atoms with Crippen LogP contribution in [0.3, 0.4) is 0 Å². The average Bonchev–Trinajstić information content (AvgIpc) is 2.53.